The number of aromatic nitrogens is 1. The number of halogens is 3. The van der Waals surface area contributed by atoms with Crippen molar-refractivity contribution in [1.82, 2.24) is 23.6 Å². The maximum Gasteiger partial charge on any atom is 0.416 e. The van der Waals surface area contributed by atoms with Crippen LogP contribution in [0.2, 0.25) is 0 Å². The second kappa shape index (κ2) is 11.8. The van der Waals surface area contributed by atoms with Gasteiger partial charge in [-0.05, 0) is 50.2 Å². The molecule has 1 atom stereocenters. The molecule has 5 rings (SSSR count). The van der Waals surface area contributed by atoms with Crippen LogP contribution in [0.3, 0.4) is 0 Å². The average Bonchev–Trinajstić information content (AvgIpc) is 3.35. The number of benzene rings is 1. The van der Waals surface area contributed by atoms with Crippen LogP contribution >= 0.6 is 0 Å². The van der Waals surface area contributed by atoms with E-state index in [4.69, 9.17) is 0 Å². The summed E-state index contributed by atoms with van der Waals surface area (Å²) in [6.45, 7) is 7.25. The fourth-order valence-corrected chi connectivity index (χ4v) is 7.79. The highest BCUT2D eigenvalue weighted by atomic mass is 32.2. The zero-order valence-electron chi connectivity index (χ0n) is 22.9. The molecule has 3 aliphatic rings. The van der Waals surface area contributed by atoms with Gasteiger partial charge in [-0.15, -0.1) is 0 Å². The van der Waals surface area contributed by atoms with Gasteiger partial charge < -0.3 is 19.3 Å². The molecule has 1 aromatic heterocycles. The number of hydrogen-bond acceptors (Lipinski definition) is 5. The van der Waals surface area contributed by atoms with Crippen molar-refractivity contribution in [2.75, 3.05) is 52.9 Å². The third-order valence-corrected chi connectivity index (χ3v) is 10.4. The summed E-state index contributed by atoms with van der Waals surface area (Å²) in [5.41, 5.74) is 1.34. The van der Waals surface area contributed by atoms with Crippen LogP contribution in [-0.2, 0) is 40.5 Å². The first kappa shape index (κ1) is 29.1. The van der Waals surface area contributed by atoms with Gasteiger partial charge in [-0.2, -0.15) is 17.5 Å². The molecule has 0 aliphatic carbocycles. The van der Waals surface area contributed by atoms with Crippen molar-refractivity contribution in [3.63, 3.8) is 0 Å². The van der Waals surface area contributed by atoms with E-state index in [1.165, 1.54) is 16.1 Å². The van der Waals surface area contributed by atoms with E-state index in [0.29, 0.717) is 38.5 Å². The zero-order valence-corrected chi connectivity index (χ0v) is 23.8. The topological polar surface area (TPSA) is 69.1 Å². The van der Waals surface area contributed by atoms with Crippen molar-refractivity contribution in [1.29, 1.82) is 0 Å². The van der Waals surface area contributed by atoms with Crippen molar-refractivity contribution in [2.24, 2.45) is 0 Å². The lowest BCUT2D eigenvalue weighted by Gasteiger charge is -2.36. The van der Waals surface area contributed by atoms with Crippen LogP contribution in [0.25, 0.3) is 0 Å². The molecule has 40 heavy (non-hydrogen) atoms. The quantitative estimate of drug-likeness (QED) is 0.502. The van der Waals surface area contributed by atoms with E-state index >= 15 is 0 Å². The van der Waals surface area contributed by atoms with Gasteiger partial charge in [0.2, 0.25) is 15.9 Å². The number of likely N-dealkylation sites (N-methyl/N-ethyl adjacent to an activating group) is 1. The first-order valence-electron chi connectivity index (χ1n) is 14.1. The van der Waals surface area contributed by atoms with Crippen molar-refractivity contribution in [2.45, 2.75) is 62.3 Å². The summed E-state index contributed by atoms with van der Waals surface area (Å²) in [5, 5.41) is 0. The van der Waals surface area contributed by atoms with E-state index in [9.17, 15) is 26.4 Å². The monoisotopic (exact) mass is 581 g/mol. The molecule has 8 nitrogen and oxygen atoms in total. The predicted octanol–water partition coefficient (Wildman–Crippen LogP) is 3.27. The van der Waals surface area contributed by atoms with Gasteiger partial charge >= 0.3 is 6.18 Å². The van der Waals surface area contributed by atoms with Crippen LogP contribution in [0.5, 0.6) is 0 Å². The van der Waals surface area contributed by atoms with Crippen molar-refractivity contribution < 1.29 is 26.4 Å². The first-order valence-corrected chi connectivity index (χ1v) is 15.5. The number of rotatable bonds is 7. The summed E-state index contributed by atoms with van der Waals surface area (Å²) in [6, 6.07) is 7.49. The molecule has 0 saturated carbocycles. The minimum absolute atomic E-state index is 0.0230. The molecular formula is C28H38F3N5O3S. The largest absolute Gasteiger partial charge is 0.416 e. The molecular weight excluding hydrogens is 543 g/mol. The number of piperidine rings is 1. The minimum Gasteiger partial charge on any atom is -0.345 e. The number of fused-ring (bicyclic) bond motifs is 1. The zero-order chi connectivity index (χ0) is 28.5. The highest BCUT2D eigenvalue weighted by Crippen LogP contribution is 2.33. The van der Waals surface area contributed by atoms with Crippen molar-refractivity contribution >= 4 is 15.9 Å². The summed E-state index contributed by atoms with van der Waals surface area (Å²) in [6.07, 6.45) is -1.77. The van der Waals surface area contributed by atoms with Gasteiger partial charge in [-0.1, -0.05) is 12.5 Å². The Hall–Kier alpha value is -2.41. The number of carbonyl (C=O) groups is 1. The van der Waals surface area contributed by atoms with Gasteiger partial charge in [0, 0.05) is 82.6 Å². The van der Waals surface area contributed by atoms with E-state index in [2.05, 4.69) is 33.5 Å². The second-order valence-corrected chi connectivity index (χ2v) is 13.1. The van der Waals surface area contributed by atoms with E-state index in [1.807, 2.05) is 0 Å². The molecule has 2 saturated heterocycles. The average molecular weight is 582 g/mol. The number of sulfonamides is 1. The Labute approximate surface area is 234 Å². The molecule has 2 aromatic rings. The summed E-state index contributed by atoms with van der Waals surface area (Å²) in [5.74, 6) is -0.123. The van der Waals surface area contributed by atoms with E-state index < -0.39 is 27.8 Å². The maximum absolute atomic E-state index is 13.4. The van der Waals surface area contributed by atoms with Crippen LogP contribution in [0.1, 0.15) is 42.6 Å². The Kier molecular flexibility index (Phi) is 8.61. The van der Waals surface area contributed by atoms with Gasteiger partial charge in [-0.25, -0.2) is 8.42 Å². The maximum atomic E-state index is 13.4. The third-order valence-electron chi connectivity index (χ3n) is 8.49. The highest BCUT2D eigenvalue weighted by Gasteiger charge is 2.38. The Bertz CT molecular complexity index is 1300. The molecule has 3 aliphatic heterocycles. The molecule has 12 heteroatoms. The number of alkyl halides is 3. The van der Waals surface area contributed by atoms with Gasteiger partial charge in [0.05, 0.1) is 17.0 Å². The van der Waals surface area contributed by atoms with E-state index in [1.54, 1.807) is 4.90 Å². The second-order valence-electron chi connectivity index (χ2n) is 11.2. The van der Waals surface area contributed by atoms with Crippen LogP contribution in [0.4, 0.5) is 13.2 Å². The van der Waals surface area contributed by atoms with E-state index in [-0.39, 0.29) is 23.8 Å². The van der Waals surface area contributed by atoms with E-state index in [0.717, 1.165) is 63.4 Å². The van der Waals surface area contributed by atoms with Crippen LogP contribution in [0, 0.1) is 0 Å². The smallest absolute Gasteiger partial charge is 0.345 e. The lowest BCUT2D eigenvalue weighted by Crippen LogP contribution is -2.47. The Morgan fingerprint density at radius 1 is 0.975 bits per heavy atom. The van der Waals surface area contributed by atoms with Crippen LogP contribution in [-0.4, -0.2) is 96.8 Å². The lowest BCUT2D eigenvalue weighted by molar-refractivity contribution is -0.137. The van der Waals surface area contributed by atoms with Crippen molar-refractivity contribution in [3.8, 4) is 0 Å². The Morgan fingerprint density at radius 2 is 1.75 bits per heavy atom. The first-order chi connectivity index (χ1) is 19.0. The molecule has 1 unspecified atom stereocenters. The molecule has 4 heterocycles. The number of carbonyl (C=O) groups excluding carboxylic acids is 1. The number of nitrogens with zero attached hydrogens (tertiary/aromatic N) is 5. The summed E-state index contributed by atoms with van der Waals surface area (Å²) in [4.78, 5) is 19.6. The standard InChI is InChI=1S/C28H38F3N5O3S/c1-32-13-15-33(16-14-32)12-10-23-8-9-25-21-34(17-18-35(23)25)27(37)20-24-6-2-3-11-36(24)40(38,39)26-7-4-5-22(19-26)28(29,30)31/h4-5,7-9,19,24H,2-3,6,10-18,20-21H2,1H3. The van der Waals surface area contributed by atoms with Crippen LogP contribution < -0.4 is 0 Å². The molecule has 1 aromatic carbocycles. The highest BCUT2D eigenvalue weighted by molar-refractivity contribution is 7.89. The molecule has 2 fully saturated rings. The number of hydrogen-bond donors (Lipinski definition) is 0. The summed E-state index contributed by atoms with van der Waals surface area (Å²) >= 11 is 0. The third kappa shape index (κ3) is 6.40. The van der Waals surface area contributed by atoms with Gasteiger partial charge in [0.15, 0.2) is 0 Å². The Morgan fingerprint density at radius 3 is 2.50 bits per heavy atom. The van der Waals surface area contributed by atoms with Crippen LogP contribution in [0.15, 0.2) is 41.3 Å². The fourth-order valence-electron chi connectivity index (χ4n) is 6.05. The van der Waals surface area contributed by atoms with Gasteiger partial charge in [-0.3, -0.25) is 4.79 Å². The fraction of sp³-hybridized carbons (Fsp3) is 0.607. The molecule has 0 spiro atoms. The van der Waals surface area contributed by atoms with Gasteiger partial charge in [0.1, 0.15) is 0 Å². The SMILES string of the molecule is CN1CCN(CCc2ccc3n2CCN(C(=O)CC2CCCCN2S(=O)(=O)c2cccc(C(F)(F)F)c2)C3)CC1. The lowest BCUT2D eigenvalue weighted by atomic mass is 10.0. The predicted molar refractivity (Wildman–Crippen MR) is 145 cm³/mol. The number of piperazine rings is 1. The van der Waals surface area contributed by atoms with Gasteiger partial charge in [0.25, 0.3) is 0 Å². The Balaban J connectivity index is 1.22. The molecule has 1 amide bonds. The normalized spacial score (nSPS) is 21.9. The molecule has 0 N–H and O–H groups in total. The number of amides is 1. The molecule has 0 radical (unpaired) electrons. The molecule has 220 valence electrons. The molecule has 0 bridgehead atoms. The van der Waals surface area contributed by atoms with Crippen molar-refractivity contribution in [3.05, 3.63) is 53.3 Å². The summed E-state index contributed by atoms with van der Waals surface area (Å²) < 4.78 is 70.1. The summed E-state index contributed by atoms with van der Waals surface area (Å²) in [7, 11) is -2.03. The minimum atomic E-state index is -4.64.